The molecule has 2 aromatic rings. The number of fused-ring (bicyclic) bond motifs is 2. The van der Waals surface area contributed by atoms with Crippen LogP contribution in [0.3, 0.4) is 0 Å². The lowest BCUT2D eigenvalue weighted by Gasteiger charge is -2.42. The molecule has 2 heterocycles. The molecule has 5 atom stereocenters. The number of unbranched alkanes of at least 4 members (excludes halogenated alkanes) is 3. The van der Waals surface area contributed by atoms with Gasteiger partial charge in [0.15, 0.2) is 0 Å². The minimum Gasteiger partial charge on any atom is -0.339 e. The smallest absolute Gasteiger partial charge is 0.231 e. The second-order valence-electron chi connectivity index (χ2n) is 12.2. The summed E-state index contributed by atoms with van der Waals surface area (Å²) in [5.41, 5.74) is 5.64. The van der Waals surface area contributed by atoms with Crippen molar-refractivity contribution >= 4 is 5.91 Å². The SMILES string of the molecule is CCCCCCC1CC(c2ccccc2)CCN1C(=O)C12CNCC13c1cccc(CNC)c1CCC23. The molecule has 6 rings (SSSR count). The van der Waals surface area contributed by atoms with E-state index in [0.717, 1.165) is 58.3 Å². The molecule has 2 aromatic carbocycles. The van der Waals surface area contributed by atoms with Gasteiger partial charge in [0.25, 0.3) is 0 Å². The quantitative estimate of drug-likeness (QED) is 0.444. The largest absolute Gasteiger partial charge is 0.339 e. The molecule has 1 saturated carbocycles. The number of amides is 1. The molecule has 37 heavy (non-hydrogen) atoms. The first-order valence-electron chi connectivity index (χ1n) is 15.0. The number of likely N-dealkylation sites (tertiary alicyclic amines) is 1. The van der Waals surface area contributed by atoms with E-state index in [-0.39, 0.29) is 10.8 Å². The van der Waals surface area contributed by atoms with Crippen molar-refractivity contribution in [2.75, 3.05) is 26.7 Å². The van der Waals surface area contributed by atoms with Crippen LogP contribution in [0.2, 0.25) is 0 Å². The zero-order chi connectivity index (χ0) is 25.5. The third-order valence-corrected chi connectivity index (χ3v) is 10.5. The molecule has 3 fully saturated rings. The fourth-order valence-electron chi connectivity index (χ4n) is 8.82. The van der Waals surface area contributed by atoms with Gasteiger partial charge in [0.1, 0.15) is 0 Å². The number of carbonyl (C=O) groups excluding carboxylic acids is 1. The van der Waals surface area contributed by atoms with E-state index in [2.05, 4.69) is 71.0 Å². The van der Waals surface area contributed by atoms with Crippen molar-refractivity contribution in [3.8, 4) is 0 Å². The maximum Gasteiger partial charge on any atom is 0.231 e. The van der Waals surface area contributed by atoms with Gasteiger partial charge in [0, 0.05) is 37.6 Å². The molecule has 2 saturated heterocycles. The maximum atomic E-state index is 14.8. The zero-order valence-corrected chi connectivity index (χ0v) is 22.9. The Morgan fingerprint density at radius 2 is 1.92 bits per heavy atom. The molecule has 2 N–H and O–H groups in total. The van der Waals surface area contributed by atoms with E-state index >= 15 is 0 Å². The van der Waals surface area contributed by atoms with Gasteiger partial charge >= 0.3 is 0 Å². The van der Waals surface area contributed by atoms with Crippen molar-refractivity contribution in [3.63, 3.8) is 0 Å². The van der Waals surface area contributed by atoms with E-state index in [1.165, 1.54) is 47.9 Å². The number of rotatable bonds is 9. The van der Waals surface area contributed by atoms with Crippen molar-refractivity contribution < 1.29 is 4.79 Å². The minimum absolute atomic E-state index is 0.00442. The highest BCUT2D eigenvalue weighted by Crippen LogP contribution is 2.76. The first kappa shape index (κ1) is 25.1. The van der Waals surface area contributed by atoms with Crippen molar-refractivity contribution in [1.82, 2.24) is 15.5 Å². The lowest BCUT2D eigenvalue weighted by atomic mass is 9.78. The van der Waals surface area contributed by atoms with Gasteiger partial charge in [-0.2, -0.15) is 0 Å². The van der Waals surface area contributed by atoms with Crippen LogP contribution in [0.1, 0.15) is 86.5 Å². The highest BCUT2D eigenvalue weighted by molar-refractivity contribution is 5.92. The number of nitrogens with one attached hydrogen (secondary N) is 2. The third kappa shape index (κ3) is 3.89. The van der Waals surface area contributed by atoms with Crippen LogP contribution in [0.25, 0.3) is 0 Å². The van der Waals surface area contributed by atoms with Gasteiger partial charge in [-0.15, -0.1) is 0 Å². The molecule has 1 amide bonds. The lowest BCUT2D eigenvalue weighted by Crippen LogP contribution is -2.50. The van der Waals surface area contributed by atoms with Crippen LogP contribution in [-0.4, -0.2) is 43.5 Å². The summed E-state index contributed by atoms with van der Waals surface area (Å²) in [4.78, 5) is 17.1. The van der Waals surface area contributed by atoms with Gasteiger partial charge < -0.3 is 15.5 Å². The van der Waals surface area contributed by atoms with Crippen LogP contribution in [0.5, 0.6) is 0 Å². The van der Waals surface area contributed by atoms with Crippen LogP contribution < -0.4 is 10.6 Å². The standard InChI is InChI=1S/C33H45N3O/c1-3-4-5-9-14-27-20-25(24-11-7-6-8-12-24)18-19-36(27)31(37)33-23-35-22-32(33)29-15-10-13-26(21-34-2)28(29)16-17-30(32)33/h6-8,10-13,15,25,27,30,34-35H,3-5,9,14,16-23H2,1-2H3. The van der Waals surface area contributed by atoms with Gasteiger partial charge in [-0.3, -0.25) is 4.79 Å². The molecule has 198 valence electrons. The summed E-state index contributed by atoms with van der Waals surface area (Å²) >= 11 is 0. The topological polar surface area (TPSA) is 44.4 Å². The Labute approximate surface area is 223 Å². The summed E-state index contributed by atoms with van der Waals surface area (Å²) in [6, 6.07) is 18.3. The second-order valence-corrected chi connectivity index (χ2v) is 12.2. The van der Waals surface area contributed by atoms with Crippen LogP contribution in [0.4, 0.5) is 0 Å². The van der Waals surface area contributed by atoms with E-state index in [0.29, 0.717) is 23.8 Å². The van der Waals surface area contributed by atoms with E-state index < -0.39 is 0 Å². The first-order chi connectivity index (χ1) is 18.2. The Morgan fingerprint density at radius 1 is 1.05 bits per heavy atom. The lowest BCUT2D eigenvalue weighted by molar-refractivity contribution is -0.142. The fraction of sp³-hybridized carbons (Fsp3) is 0.606. The van der Waals surface area contributed by atoms with Crippen molar-refractivity contribution in [2.45, 2.75) is 88.6 Å². The van der Waals surface area contributed by atoms with Gasteiger partial charge in [-0.05, 0) is 73.2 Å². The van der Waals surface area contributed by atoms with Gasteiger partial charge in [-0.25, -0.2) is 0 Å². The molecule has 5 unspecified atom stereocenters. The molecule has 0 aromatic heterocycles. The molecule has 4 heteroatoms. The molecule has 2 aliphatic carbocycles. The Kier molecular flexibility index (Phi) is 6.92. The number of carbonyl (C=O) groups is 1. The number of benzene rings is 2. The number of hydrogen-bond donors (Lipinski definition) is 2. The van der Waals surface area contributed by atoms with Gasteiger partial charge in [0.05, 0.1) is 5.41 Å². The second kappa shape index (κ2) is 10.2. The van der Waals surface area contributed by atoms with Crippen molar-refractivity contribution in [3.05, 3.63) is 70.8 Å². The molecule has 2 aliphatic heterocycles. The Morgan fingerprint density at radius 3 is 2.73 bits per heavy atom. The van der Waals surface area contributed by atoms with Crippen LogP contribution >= 0.6 is 0 Å². The molecule has 4 nitrogen and oxygen atoms in total. The summed E-state index contributed by atoms with van der Waals surface area (Å²) in [6.07, 6.45) is 10.7. The highest BCUT2D eigenvalue weighted by Gasteiger charge is 2.83. The van der Waals surface area contributed by atoms with Crippen LogP contribution in [0, 0.1) is 11.3 Å². The normalized spacial score (nSPS) is 31.9. The summed E-state index contributed by atoms with van der Waals surface area (Å²) in [6.45, 7) is 5.91. The third-order valence-electron chi connectivity index (χ3n) is 10.5. The van der Waals surface area contributed by atoms with Crippen molar-refractivity contribution in [2.24, 2.45) is 11.3 Å². The average molecular weight is 500 g/mol. The average Bonchev–Trinajstić information content (AvgIpc) is 3.34. The monoisotopic (exact) mass is 499 g/mol. The summed E-state index contributed by atoms with van der Waals surface area (Å²) in [5.74, 6) is 1.54. The summed E-state index contributed by atoms with van der Waals surface area (Å²) < 4.78 is 0. The Bertz CT molecular complexity index is 1120. The molecule has 1 spiro atoms. The minimum atomic E-state index is -0.238. The number of nitrogens with zero attached hydrogens (tertiary/aromatic N) is 1. The van der Waals surface area contributed by atoms with E-state index in [4.69, 9.17) is 0 Å². The van der Waals surface area contributed by atoms with Crippen LogP contribution in [0.15, 0.2) is 48.5 Å². The van der Waals surface area contributed by atoms with E-state index in [9.17, 15) is 4.79 Å². The number of hydrogen-bond acceptors (Lipinski definition) is 3. The van der Waals surface area contributed by atoms with E-state index in [1.54, 1.807) is 0 Å². The van der Waals surface area contributed by atoms with Gasteiger partial charge in [-0.1, -0.05) is 81.1 Å². The zero-order valence-electron chi connectivity index (χ0n) is 22.9. The summed E-state index contributed by atoms with van der Waals surface area (Å²) in [5, 5.41) is 7.08. The molecule has 4 aliphatic rings. The Hall–Kier alpha value is -2.17. The van der Waals surface area contributed by atoms with E-state index in [1.807, 2.05) is 7.05 Å². The predicted octanol–water partition coefficient (Wildman–Crippen LogP) is 5.55. The van der Waals surface area contributed by atoms with Gasteiger partial charge in [0.2, 0.25) is 5.91 Å². The van der Waals surface area contributed by atoms with Crippen LogP contribution in [-0.2, 0) is 23.2 Å². The Balaban J connectivity index is 1.28. The molecule has 0 radical (unpaired) electrons. The fourth-order valence-corrected chi connectivity index (χ4v) is 8.82. The molecular weight excluding hydrogens is 454 g/mol. The first-order valence-corrected chi connectivity index (χ1v) is 15.0. The molecule has 0 bridgehead atoms. The summed E-state index contributed by atoms with van der Waals surface area (Å²) in [7, 11) is 2.03. The van der Waals surface area contributed by atoms with Crippen molar-refractivity contribution in [1.29, 1.82) is 0 Å². The molecular formula is C33H45N3O. The highest BCUT2D eigenvalue weighted by atomic mass is 16.2. The maximum absolute atomic E-state index is 14.8. The number of piperidine rings is 2. The predicted molar refractivity (Wildman–Crippen MR) is 151 cm³/mol.